The Hall–Kier alpha value is -3.87. The first-order valence-electron chi connectivity index (χ1n) is 15.1. The number of fused-ring (bicyclic) bond motifs is 2. The Balaban J connectivity index is 1.41. The number of carbonyl (C=O) groups excluding carboxylic acids is 3. The third-order valence-corrected chi connectivity index (χ3v) is 9.95. The van der Waals surface area contributed by atoms with E-state index in [1.54, 1.807) is 21.7 Å². The molecule has 3 fully saturated rings. The van der Waals surface area contributed by atoms with Crippen LogP contribution >= 0.6 is 15.9 Å². The molecule has 236 valence electrons. The minimum atomic E-state index is -1.32. The Morgan fingerprint density at radius 3 is 2.67 bits per heavy atom. The maximum absolute atomic E-state index is 14.9. The fourth-order valence-electron chi connectivity index (χ4n) is 7.22. The number of aliphatic hydroxyl groups is 1. The predicted octanol–water partition coefficient (Wildman–Crippen LogP) is 2.87. The second-order valence-electron chi connectivity index (χ2n) is 11.7. The van der Waals surface area contributed by atoms with Crippen LogP contribution in [-0.4, -0.2) is 96.1 Å². The zero-order valence-corrected chi connectivity index (χ0v) is 26.4. The largest absolute Gasteiger partial charge is 0.465 e. The SMILES string of the molecule is C=CCCOC(=O)[C@H]1[C@@H]2OC3(CC2Br)C(C(=O)N(CC=C)Cn2nnc4ccccc42)N([C@@H](CO)Cc2ccccc2)C(=O)[C@H]13. The van der Waals surface area contributed by atoms with Gasteiger partial charge in [-0.15, -0.1) is 18.3 Å². The van der Waals surface area contributed by atoms with Gasteiger partial charge in [0.15, 0.2) is 0 Å². The molecule has 2 amide bonds. The molecule has 3 saturated heterocycles. The summed E-state index contributed by atoms with van der Waals surface area (Å²) in [6.45, 7) is 7.49. The highest BCUT2D eigenvalue weighted by Gasteiger charge is 2.77. The van der Waals surface area contributed by atoms with Crippen molar-refractivity contribution in [3.63, 3.8) is 0 Å². The lowest BCUT2D eigenvalue weighted by molar-refractivity contribution is -0.156. The van der Waals surface area contributed by atoms with E-state index in [9.17, 15) is 19.5 Å². The van der Waals surface area contributed by atoms with Gasteiger partial charge in [0, 0.05) is 11.4 Å². The van der Waals surface area contributed by atoms with Crippen LogP contribution in [0.3, 0.4) is 0 Å². The van der Waals surface area contributed by atoms with Crippen LogP contribution in [0.4, 0.5) is 0 Å². The van der Waals surface area contributed by atoms with E-state index in [-0.39, 0.29) is 24.6 Å². The average molecular weight is 679 g/mol. The van der Waals surface area contributed by atoms with E-state index in [0.717, 1.165) is 11.1 Å². The quantitative estimate of drug-likeness (QED) is 0.127. The number of nitrogens with zero attached hydrogens (tertiary/aromatic N) is 5. The van der Waals surface area contributed by atoms with Crippen LogP contribution in [0.5, 0.6) is 0 Å². The summed E-state index contributed by atoms with van der Waals surface area (Å²) in [5.41, 5.74) is 1.00. The summed E-state index contributed by atoms with van der Waals surface area (Å²) in [6.07, 6.45) is 3.71. The number of benzene rings is 2. The van der Waals surface area contributed by atoms with Gasteiger partial charge in [0.05, 0.1) is 42.7 Å². The van der Waals surface area contributed by atoms with E-state index in [2.05, 4.69) is 39.4 Å². The van der Waals surface area contributed by atoms with Gasteiger partial charge in [0.2, 0.25) is 11.8 Å². The molecule has 2 bridgehead atoms. The Bertz CT molecular complexity index is 1600. The Kier molecular flexibility index (Phi) is 8.89. The molecule has 3 unspecified atom stereocenters. The van der Waals surface area contributed by atoms with Crippen LogP contribution in [0.15, 0.2) is 79.9 Å². The number of likely N-dealkylation sites (tertiary alicyclic amines) is 1. The Morgan fingerprint density at radius 1 is 1.18 bits per heavy atom. The lowest BCUT2D eigenvalue weighted by Crippen LogP contribution is -2.59. The molecule has 6 rings (SSSR count). The number of esters is 1. The van der Waals surface area contributed by atoms with Gasteiger partial charge in [-0.2, -0.15) is 0 Å². The minimum absolute atomic E-state index is 0.0430. The van der Waals surface area contributed by atoms with Gasteiger partial charge in [-0.1, -0.05) is 75.8 Å². The molecule has 1 N–H and O–H groups in total. The molecule has 2 aromatic carbocycles. The second-order valence-corrected chi connectivity index (χ2v) is 12.9. The van der Waals surface area contributed by atoms with Crippen molar-refractivity contribution >= 4 is 44.7 Å². The number of para-hydroxylation sites is 1. The molecule has 4 heterocycles. The number of ether oxygens (including phenoxy) is 2. The fourth-order valence-corrected chi connectivity index (χ4v) is 8.16. The van der Waals surface area contributed by atoms with Crippen LogP contribution in [-0.2, 0) is 36.9 Å². The topological polar surface area (TPSA) is 127 Å². The van der Waals surface area contributed by atoms with Gasteiger partial charge in [0.1, 0.15) is 23.8 Å². The molecular formula is C33H36BrN5O6. The number of hydrogen-bond donors (Lipinski definition) is 1. The van der Waals surface area contributed by atoms with Crippen molar-refractivity contribution in [2.75, 3.05) is 19.8 Å². The summed E-state index contributed by atoms with van der Waals surface area (Å²) in [5, 5.41) is 19.2. The summed E-state index contributed by atoms with van der Waals surface area (Å²) in [7, 11) is 0. The zero-order chi connectivity index (χ0) is 31.7. The first kappa shape index (κ1) is 31.1. The first-order chi connectivity index (χ1) is 21.8. The normalized spacial score (nSPS) is 27.4. The molecule has 3 aliphatic rings. The molecule has 0 aliphatic carbocycles. The summed E-state index contributed by atoms with van der Waals surface area (Å²) >= 11 is 3.69. The molecule has 1 spiro atoms. The van der Waals surface area contributed by atoms with E-state index < -0.39 is 60.0 Å². The molecule has 3 aliphatic heterocycles. The van der Waals surface area contributed by atoms with E-state index in [1.165, 1.54) is 4.90 Å². The third-order valence-electron chi connectivity index (χ3n) is 9.10. The first-order valence-corrected chi connectivity index (χ1v) is 16.0. The molecule has 45 heavy (non-hydrogen) atoms. The number of hydrogen-bond acceptors (Lipinski definition) is 8. The predicted molar refractivity (Wildman–Crippen MR) is 169 cm³/mol. The highest BCUT2D eigenvalue weighted by Crippen LogP contribution is 2.60. The number of aromatic nitrogens is 3. The molecule has 11 nitrogen and oxygen atoms in total. The van der Waals surface area contributed by atoms with Crippen LogP contribution in [0.25, 0.3) is 11.0 Å². The fraction of sp³-hybridized carbons (Fsp3) is 0.424. The maximum Gasteiger partial charge on any atom is 0.312 e. The number of halogens is 1. The number of rotatable bonds is 13. The van der Waals surface area contributed by atoms with Gasteiger partial charge in [0.25, 0.3) is 0 Å². The van der Waals surface area contributed by atoms with E-state index >= 15 is 0 Å². The van der Waals surface area contributed by atoms with Crippen molar-refractivity contribution in [3.05, 3.63) is 85.5 Å². The Labute approximate surface area is 269 Å². The van der Waals surface area contributed by atoms with Crippen molar-refractivity contribution in [3.8, 4) is 0 Å². The number of alkyl halides is 1. The van der Waals surface area contributed by atoms with Crippen LogP contribution in [0.1, 0.15) is 18.4 Å². The Morgan fingerprint density at radius 2 is 1.93 bits per heavy atom. The molecule has 12 heteroatoms. The molecule has 1 aromatic heterocycles. The third kappa shape index (κ3) is 5.38. The highest BCUT2D eigenvalue weighted by molar-refractivity contribution is 9.09. The zero-order valence-electron chi connectivity index (χ0n) is 24.8. The smallest absolute Gasteiger partial charge is 0.312 e. The number of aliphatic hydroxyl groups excluding tert-OH is 1. The summed E-state index contributed by atoms with van der Waals surface area (Å²) in [6, 6.07) is 15.0. The van der Waals surface area contributed by atoms with Crippen molar-refractivity contribution < 1.29 is 29.0 Å². The van der Waals surface area contributed by atoms with Crippen LogP contribution in [0.2, 0.25) is 0 Å². The van der Waals surface area contributed by atoms with Crippen molar-refractivity contribution in [2.24, 2.45) is 11.8 Å². The highest BCUT2D eigenvalue weighted by atomic mass is 79.9. The average Bonchev–Trinajstić information content (AvgIpc) is 3.77. The van der Waals surface area contributed by atoms with Gasteiger partial charge >= 0.3 is 5.97 Å². The van der Waals surface area contributed by atoms with Gasteiger partial charge < -0.3 is 24.4 Å². The maximum atomic E-state index is 14.9. The molecule has 7 atom stereocenters. The lowest BCUT2D eigenvalue weighted by Gasteiger charge is -2.39. The monoisotopic (exact) mass is 677 g/mol. The van der Waals surface area contributed by atoms with Crippen molar-refractivity contribution in [2.45, 2.75) is 54.5 Å². The summed E-state index contributed by atoms with van der Waals surface area (Å²) in [4.78, 5) is 45.7. The van der Waals surface area contributed by atoms with E-state index in [4.69, 9.17) is 9.47 Å². The van der Waals surface area contributed by atoms with E-state index in [0.29, 0.717) is 24.8 Å². The van der Waals surface area contributed by atoms with Crippen molar-refractivity contribution in [1.29, 1.82) is 0 Å². The summed E-state index contributed by atoms with van der Waals surface area (Å²) < 4.78 is 13.8. The number of carbonyl (C=O) groups is 3. The molecular weight excluding hydrogens is 642 g/mol. The number of amides is 2. The lowest BCUT2D eigenvalue weighted by atomic mass is 9.70. The van der Waals surface area contributed by atoms with Gasteiger partial charge in [-0.05, 0) is 37.0 Å². The van der Waals surface area contributed by atoms with Crippen LogP contribution < -0.4 is 0 Å². The standard InChI is InChI=1S/C33H36BrN5O6/c1-3-5-16-44-32(43)26-27-30(41)39(22(19-40)17-21-11-7-6-8-12-21)29(33(27)18-23(34)28(26)45-33)31(42)37(15-4-2)20-38-25-14-10-9-13-24(25)35-36-38/h3-4,6-14,22-23,26-29,40H,1-2,5,15-20H2/t22-,23?,26-,27+,28-,29?,33?/m1/s1. The molecule has 3 aromatic rings. The minimum Gasteiger partial charge on any atom is -0.465 e. The molecule has 0 radical (unpaired) electrons. The van der Waals surface area contributed by atoms with E-state index in [1.807, 2.05) is 54.6 Å². The van der Waals surface area contributed by atoms with Gasteiger partial charge in [-0.25, -0.2) is 4.68 Å². The van der Waals surface area contributed by atoms with Gasteiger partial charge in [-0.3, -0.25) is 14.4 Å². The van der Waals surface area contributed by atoms with Crippen LogP contribution in [0, 0.1) is 11.8 Å². The second kappa shape index (κ2) is 12.9. The molecule has 0 saturated carbocycles. The van der Waals surface area contributed by atoms with Crippen molar-refractivity contribution in [1.82, 2.24) is 24.8 Å². The summed E-state index contributed by atoms with van der Waals surface area (Å²) in [5.74, 6) is -3.20.